The first-order valence-corrected chi connectivity index (χ1v) is 8.27. The molecule has 0 radical (unpaired) electrons. The first-order valence-electron chi connectivity index (χ1n) is 6.91. The van der Waals surface area contributed by atoms with Crippen LogP contribution in [0.5, 0.6) is 0 Å². The number of primary amides is 1. The zero-order chi connectivity index (χ0) is 15.0. The Balaban J connectivity index is 2.39. The number of benzene rings is 1. The molecular weight excluding hydrogens is 292 g/mol. The monoisotopic (exact) mass is 314 g/mol. The zero-order valence-corrected chi connectivity index (χ0v) is 13.7. The number of rotatable bonds is 9. The Kier molecular flexibility index (Phi) is 7.41. The molecule has 0 aliphatic heterocycles. The van der Waals surface area contributed by atoms with E-state index in [0.29, 0.717) is 0 Å². The SMILES string of the molecule is CCCNC(C)(CCCSc1cccc(Cl)c1)C(N)=O. The summed E-state index contributed by atoms with van der Waals surface area (Å²) in [5.41, 5.74) is 4.89. The van der Waals surface area contributed by atoms with Gasteiger partial charge in [0, 0.05) is 9.92 Å². The molecule has 0 aromatic heterocycles. The van der Waals surface area contributed by atoms with Crippen molar-refractivity contribution in [1.82, 2.24) is 5.32 Å². The van der Waals surface area contributed by atoms with Gasteiger partial charge in [0.25, 0.3) is 0 Å². The molecule has 0 bridgehead atoms. The fourth-order valence-corrected chi connectivity index (χ4v) is 3.04. The van der Waals surface area contributed by atoms with E-state index in [2.05, 4.69) is 12.2 Å². The number of halogens is 1. The lowest BCUT2D eigenvalue weighted by molar-refractivity contribution is -0.124. The van der Waals surface area contributed by atoms with Gasteiger partial charge in [-0.3, -0.25) is 4.79 Å². The van der Waals surface area contributed by atoms with Crippen molar-refractivity contribution in [3.8, 4) is 0 Å². The van der Waals surface area contributed by atoms with Crippen LogP contribution < -0.4 is 11.1 Å². The maximum absolute atomic E-state index is 11.6. The number of carbonyl (C=O) groups is 1. The highest BCUT2D eigenvalue weighted by molar-refractivity contribution is 7.99. The maximum Gasteiger partial charge on any atom is 0.237 e. The molecule has 1 amide bonds. The van der Waals surface area contributed by atoms with Gasteiger partial charge in [0.05, 0.1) is 5.54 Å². The Morgan fingerprint density at radius 3 is 2.85 bits per heavy atom. The van der Waals surface area contributed by atoms with Crippen molar-refractivity contribution >= 4 is 29.3 Å². The number of nitrogens with two attached hydrogens (primary N) is 1. The van der Waals surface area contributed by atoms with Gasteiger partial charge >= 0.3 is 0 Å². The third kappa shape index (κ3) is 5.73. The van der Waals surface area contributed by atoms with Gasteiger partial charge in [0.2, 0.25) is 5.91 Å². The van der Waals surface area contributed by atoms with Crippen molar-refractivity contribution in [2.45, 2.75) is 43.5 Å². The molecule has 20 heavy (non-hydrogen) atoms. The Bertz CT molecular complexity index is 442. The van der Waals surface area contributed by atoms with Crippen LogP contribution in [-0.2, 0) is 4.79 Å². The molecule has 1 rings (SSSR count). The van der Waals surface area contributed by atoms with E-state index < -0.39 is 5.54 Å². The minimum Gasteiger partial charge on any atom is -0.368 e. The van der Waals surface area contributed by atoms with Crippen molar-refractivity contribution in [3.05, 3.63) is 29.3 Å². The van der Waals surface area contributed by atoms with Crippen LogP contribution in [-0.4, -0.2) is 23.7 Å². The molecule has 0 saturated heterocycles. The van der Waals surface area contributed by atoms with E-state index in [0.717, 1.165) is 41.5 Å². The fraction of sp³-hybridized carbons (Fsp3) is 0.533. The summed E-state index contributed by atoms with van der Waals surface area (Å²) in [5, 5.41) is 4.00. The van der Waals surface area contributed by atoms with Crippen molar-refractivity contribution in [3.63, 3.8) is 0 Å². The van der Waals surface area contributed by atoms with Crippen LogP contribution in [0.4, 0.5) is 0 Å². The highest BCUT2D eigenvalue weighted by Crippen LogP contribution is 2.24. The predicted molar refractivity (Wildman–Crippen MR) is 87.3 cm³/mol. The lowest BCUT2D eigenvalue weighted by Crippen LogP contribution is -2.53. The third-order valence-corrected chi connectivity index (χ3v) is 4.51. The van der Waals surface area contributed by atoms with Crippen molar-refractivity contribution in [2.24, 2.45) is 5.73 Å². The topological polar surface area (TPSA) is 55.1 Å². The van der Waals surface area contributed by atoms with E-state index in [-0.39, 0.29) is 5.91 Å². The van der Waals surface area contributed by atoms with Crippen LogP contribution in [0.2, 0.25) is 5.02 Å². The minimum atomic E-state index is -0.606. The van der Waals surface area contributed by atoms with E-state index in [1.165, 1.54) is 0 Å². The highest BCUT2D eigenvalue weighted by atomic mass is 35.5. The highest BCUT2D eigenvalue weighted by Gasteiger charge is 2.29. The molecule has 1 aromatic carbocycles. The lowest BCUT2D eigenvalue weighted by Gasteiger charge is -2.27. The number of hydrogen-bond donors (Lipinski definition) is 2. The second kappa shape index (κ2) is 8.55. The second-order valence-corrected chi connectivity index (χ2v) is 6.64. The van der Waals surface area contributed by atoms with E-state index in [9.17, 15) is 4.79 Å². The molecular formula is C15H23ClN2OS. The van der Waals surface area contributed by atoms with Gasteiger partial charge in [0.1, 0.15) is 0 Å². The Hall–Kier alpha value is -0.710. The van der Waals surface area contributed by atoms with Crippen LogP contribution in [0.15, 0.2) is 29.2 Å². The number of thioether (sulfide) groups is 1. The molecule has 0 spiro atoms. The second-order valence-electron chi connectivity index (χ2n) is 5.03. The van der Waals surface area contributed by atoms with Gasteiger partial charge in [-0.2, -0.15) is 0 Å². The van der Waals surface area contributed by atoms with Crippen LogP contribution in [0, 0.1) is 0 Å². The summed E-state index contributed by atoms with van der Waals surface area (Å²) in [5.74, 6) is 0.663. The maximum atomic E-state index is 11.6. The van der Waals surface area contributed by atoms with Crippen molar-refractivity contribution < 1.29 is 4.79 Å². The summed E-state index contributed by atoms with van der Waals surface area (Å²) in [6, 6.07) is 7.80. The van der Waals surface area contributed by atoms with Gasteiger partial charge in [-0.1, -0.05) is 24.6 Å². The number of carbonyl (C=O) groups excluding carboxylic acids is 1. The summed E-state index contributed by atoms with van der Waals surface area (Å²) in [4.78, 5) is 12.7. The third-order valence-electron chi connectivity index (χ3n) is 3.19. The normalized spacial score (nSPS) is 13.9. The standard InChI is InChI=1S/C15H23ClN2OS/c1-3-9-18-15(2,14(17)19)8-5-10-20-13-7-4-6-12(16)11-13/h4,6-7,11,18H,3,5,8-10H2,1-2H3,(H2,17,19). The van der Waals surface area contributed by atoms with E-state index in [4.69, 9.17) is 17.3 Å². The Morgan fingerprint density at radius 1 is 1.50 bits per heavy atom. The summed E-state index contributed by atoms with van der Waals surface area (Å²) < 4.78 is 0. The molecule has 3 N–H and O–H groups in total. The lowest BCUT2D eigenvalue weighted by atomic mass is 9.95. The molecule has 1 aromatic rings. The molecule has 1 atom stereocenters. The molecule has 0 aliphatic rings. The number of nitrogens with one attached hydrogen (secondary N) is 1. The van der Waals surface area contributed by atoms with Gasteiger partial charge in [-0.25, -0.2) is 0 Å². The van der Waals surface area contributed by atoms with Crippen molar-refractivity contribution in [1.29, 1.82) is 0 Å². The van der Waals surface area contributed by atoms with Crippen LogP contribution in [0.3, 0.4) is 0 Å². The average molecular weight is 315 g/mol. The zero-order valence-electron chi connectivity index (χ0n) is 12.1. The van der Waals surface area contributed by atoms with Crippen molar-refractivity contribution in [2.75, 3.05) is 12.3 Å². The van der Waals surface area contributed by atoms with Crippen LogP contribution in [0.1, 0.15) is 33.1 Å². The number of amides is 1. The number of hydrogen-bond acceptors (Lipinski definition) is 3. The van der Waals surface area contributed by atoms with Crippen LogP contribution >= 0.6 is 23.4 Å². The van der Waals surface area contributed by atoms with E-state index >= 15 is 0 Å². The molecule has 5 heteroatoms. The first kappa shape index (κ1) is 17.3. The largest absolute Gasteiger partial charge is 0.368 e. The van der Waals surface area contributed by atoms with Crippen LogP contribution in [0.25, 0.3) is 0 Å². The Labute approximate surface area is 130 Å². The van der Waals surface area contributed by atoms with Gasteiger partial charge < -0.3 is 11.1 Å². The summed E-state index contributed by atoms with van der Waals surface area (Å²) >= 11 is 7.69. The molecule has 0 saturated carbocycles. The Morgan fingerprint density at radius 2 is 2.25 bits per heavy atom. The fourth-order valence-electron chi connectivity index (χ4n) is 1.87. The molecule has 0 aliphatic carbocycles. The predicted octanol–water partition coefficient (Wildman–Crippen LogP) is 3.46. The summed E-state index contributed by atoms with van der Waals surface area (Å²) in [7, 11) is 0. The van der Waals surface area contributed by atoms with E-state index in [1.54, 1.807) is 11.8 Å². The molecule has 1 unspecified atom stereocenters. The average Bonchev–Trinajstić information content (AvgIpc) is 2.41. The quantitative estimate of drug-likeness (QED) is 0.542. The summed E-state index contributed by atoms with van der Waals surface area (Å²) in [6.45, 7) is 4.76. The first-order chi connectivity index (χ1) is 9.48. The molecule has 0 heterocycles. The molecule has 3 nitrogen and oxygen atoms in total. The van der Waals surface area contributed by atoms with E-state index in [1.807, 2.05) is 31.2 Å². The van der Waals surface area contributed by atoms with Gasteiger partial charge in [-0.15, -0.1) is 11.8 Å². The smallest absolute Gasteiger partial charge is 0.237 e. The summed E-state index contributed by atoms with van der Waals surface area (Å²) in [6.07, 6.45) is 2.66. The van der Waals surface area contributed by atoms with Gasteiger partial charge in [0.15, 0.2) is 0 Å². The van der Waals surface area contributed by atoms with Gasteiger partial charge in [-0.05, 0) is 56.7 Å². The minimum absolute atomic E-state index is 0.279. The molecule has 112 valence electrons. The molecule has 0 fully saturated rings.